The second kappa shape index (κ2) is 11.7. The number of quaternary nitrogens is 1. The van der Waals surface area contributed by atoms with Gasteiger partial charge in [-0.3, -0.25) is 4.79 Å². The summed E-state index contributed by atoms with van der Waals surface area (Å²) in [5.74, 6) is 1.90. The first-order valence-electron chi connectivity index (χ1n) is 13.8. The highest BCUT2D eigenvalue weighted by Crippen LogP contribution is 2.47. The van der Waals surface area contributed by atoms with Crippen molar-refractivity contribution in [3.05, 3.63) is 51.5 Å². The average Bonchev–Trinajstić information content (AvgIpc) is 3.48. The number of H-pyrrole nitrogens is 1. The number of carbonyl (C=O) groups excluding carboxylic acids is 1. The lowest BCUT2D eigenvalue weighted by molar-refractivity contribution is -0.640. The van der Waals surface area contributed by atoms with Gasteiger partial charge in [0.05, 0.1) is 23.4 Å². The van der Waals surface area contributed by atoms with Crippen LogP contribution in [-0.2, 0) is 16.6 Å². The highest BCUT2D eigenvalue weighted by molar-refractivity contribution is 7.11. The zero-order chi connectivity index (χ0) is 23.1. The summed E-state index contributed by atoms with van der Waals surface area (Å²) in [7, 11) is 0. The molecule has 7 heteroatoms. The number of carbonyl (C=O) groups is 1. The quantitative estimate of drug-likeness (QED) is 0.473. The van der Waals surface area contributed by atoms with E-state index in [9.17, 15) is 4.79 Å². The van der Waals surface area contributed by atoms with Crippen molar-refractivity contribution < 1.29 is 39.9 Å². The molecule has 3 heterocycles. The molecule has 1 amide bonds. The number of benzene rings is 1. The summed E-state index contributed by atoms with van der Waals surface area (Å²) in [5, 5.41) is 3.74. The van der Waals surface area contributed by atoms with Crippen molar-refractivity contribution in [1.82, 2.24) is 4.90 Å². The number of rotatable bonds is 3. The van der Waals surface area contributed by atoms with Gasteiger partial charge < -0.3 is 35.0 Å². The van der Waals surface area contributed by atoms with Crippen LogP contribution >= 0.6 is 11.3 Å². The van der Waals surface area contributed by atoms with Crippen LogP contribution in [0.2, 0.25) is 0 Å². The largest absolute Gasteiger partial charge is 1.00 e. The molecule has 3 fully saturated rings. The van der Waals surface area contributed by atoms with Gasteiger partial charge in [0, 0.05) is 25.9 Å². The van der Waals surface area contributed by atoms with Gasteiger partial charge in [0.2, 0.25) is 10.9 Å². The van der Waals surface area contributed by atoms with Crippen LogP contribution in [0.4, 0.5) is 0 Å². The number of amides is 1. The Kier molecular flexibility index (Phi) is 9.08. The van der Waals surface area contributed by atoms with Crippen LogP contribution in [0.1, 0.15) is 84.8 Å². The molecule has 1 aromatic heterocycles. The molecule has 1 aromatic carbocycles. The number of hydrogen-bond acceptors (Lipinski definition) is 2. The topological polar surface area (TPSA) is 51.1 Å². The maximum atomic E-state index is 14.5. The maximum Gasteiger partial charge on any atom is 0.232 e. The van der Waals surface area contributed by atoms with Crippen molar-refractivity contribution in [3.8, 4) is 0 Å². The van der Waals surface area contributed by atoms with Crippen LogP contribution in [0, 0.1) is 18.8 Å². The van der Waals surface area contributed by atoms with Crippen molar-refractivity contribution in [3.63, 3.8) is 0 Å². The number of piperidine rings is 1. The van der Waals surface area contributed by atoms with E-state index in [1.165, 1.54) is 66.1 Å². The Balaban J connectivity index is 0.00000152. The van der Waals surface area contributed by atoms with Crippen LogP contribution in [0.3, 0.4) is 0 Å². The van der Waals surface area contributed by atoms with Crippen LogP contribution in [0.15, 0.2) is 30.3 Å². The highest BCUT2D eigenvalue weighted by Gasteiger charge is 2.57. The number of nitrogens with two attached hydrogens (primary N) is 1. The van der Waals surface area contributed by atoms with E-state index in [0.29, 0.717) is 23.8 Å². The van der Waals surface area contributed by atoms with E-state index in [4.69, 9.17) is 0 Å². The molecule has 1 spiro atoms. The summed E-state index contributed by atoms with van der Waals surface area (Å²) in [6.45, 7) is 5.18. The fourth-order valence-electron chi connectivity index (χ4n) is 7.99. The SMILES string of the molecule is Cc1[nH+]c2c(s1)[C@]1(CCC2)C[NH2+]C[C@H]1C(=O)N1CC[C@@H](c2ccccc2)C[C@H]1C1CCCCC1.[Cl-].[Cl-]. The van der Waals surface area contributed by atoms with E-state index in [0.717, 1.165) is 38.9 Å². The number of likely N-dealkylation sites (tertiary alicyclic amines) is 1. The lowest BCUT2D eigenvalue weighted by Gasteiger charge is -2.46. The Morgan fingerprint density at radius 3 is 2.64 bits per heavy atom. The number of fused-ring (bicyclic) bond motifs is 2. The number of aromatic amines is 1. The Hall–Kier alpha value is -1.14. The van der Waals surface area contributed by atoms with Crippen LogP contribution in [0.5, 0.6) is 0 Å². The summed E-state index contributed by atoms with van der Waals surface area (Å²) >= 11 is 1.93. The summed E-state index contributed by atoms with van der Waals surface area (Å²) in [4.78, 5) is 22.1. The van der Waals surface area contributed by atoms with Crippen LogP contribution in [0.25, 0.3) is 0 Å². The van der Waals surface area contributed by atoms with E-state index >= 15 is 0 Å². The molecule has 0 unspecified atom stereocenters. The first kappa shape index (κ1) is 27.9. The normalized spacial score (nSPS) is 30.4. The minimum atomic E-state index is 0. The Morgan fingerprint density at radius 1 is 1.08 bits per heavy atom. The van der Waals surface area contributed by atoms with Gasteiger partial charge in [-0.05, 0) is 55.9 Å². The van der Waals surface area contributed by atoms with Crippen molar-refractivity contribution in [2.75, 3.05) is 19.6 Å². The Labute approximate surface area is 232 Å². The Morgan fingerprint density at radius 2 is 1.86 bits per heavy atom. The van der Waals surface area contributed by atoms with Crippen LogP contribution < -0.4 is 35.1 Å². The molecule has 0 bridgehead atoms. The fraction of sp³-hybridized carbons (Fsp3) is 0.655. The Bertz CT molecular complexity index is 1020. The number of thiazole rings is 1. The first-order chi connectivity index (χ1) is 16.7. The van der Waals surface area contributed by atoms with Gasteiger partial charge in [-0.25, -0.2) is 4.98 Å². The summed E-state index contributed by atoms with van der Waals surface area (Å²) in [6, 6.07) is 11.5. The third-order valence-corrected chi connectivity index (χ3v) is 10.9. The zero-order valence-electron chi connectivity index (χ0n) is 21.5. The van der Waals surface area contributed by atoms with Gasteiger partial charge >= 0.3 is 0 Å². The fourth-order valence-corrected chi connectivity index (χ4v) is 9.27. The van der Waals surface area contributed by atoms with Gasteiger partial charge in [-0.1, -0.05) is 60.9 Å². The van der Waals surface area contributed by atoms with Gasteiger partial charge in [0.15, 0.2) is 5.69 Å². The number of aromatic nitrogens is 1. The molecule has 3 N–H and O–H groups in total. The van der Waals surface area contributed by atoms with Crippen LogP contribution in [-0.4, -0.2) is 36.5 Å². The molecular weight excluding hydrogens is 509 g/mol. The van der Waals surface area contributed by atoms with Crippen molar-refractivity contribution in [1.29, 1.82) is 0 Å². The zero-order valence-corrected chi connectivity index (χ0v) is 23.8. The molecular formula is C29H41Cl2N3OS. The third kappa shape index (κ3) is 4.98. The van der Waals surface area contributed by atoms with Gasteiger partial charge in [0.25, 0.3) is 0 Å². The molecule has 4 aliphatic rings. The van der Waals surface area contributed by atoms with Gasteiger partial charge in [-0.15, -0.1) is 0 Å². The predicted octanol–water partition coefficient (Wildman–Crippen LogP) is -2.00. The van der Waals surface area contributed by atoms with E-state index in [1.807, 2.05) is 11.3 Å². The molecule has 2 aliphatic heterocycles. The van der Waals surface area contributed by atoms with E-state index in [1.54, 1.807) is 0 Å². The predicted molar refractivity (Wildman–Crippen MR) is 136 cm³/mol. The highest BCUT2D eigenvalue weighted by atomic mass is 35.5. The second-order valence-electron chi connectivity index (χ2n) is 11.5. The summed E-state index contributed by atoms with van der Waals surface area (Å²) in [6.07, 6.45) is 12.5. The lowest BCUT2D eigenvalue weighted by atomic mass is 9.68. The lowest BCUT2D eigenvalue weighted by Crippen LogP contribution is -3.00. The molecule has 4 atom stereocenters. The molecule has 36 heavy (non-hydrogen) atoms. The second-order valence-corrected chi connectivity index (χ2v) is 12.7. The molecule has 2 aliphatic carbocycles. The molecule has 2 aromatic rings. The molecule has 0 radical (unpaired) electrons. The number of nitrogens with one attached hydrogen (secondary N) is 1. The standard InChI is InChI=1S/C29H39N3OS.2ClH/c1-20-31-25-13-8-15-29(27(25)34-20)19-30-18-24(29)28(33)32-16-14-23(21-9-4-2-5-10-21)17-26(32)22-11-6-3-7-12-22;;/h2,4-5,9-10,22-24,26,30H,3,6-8,11-19H2,1H3;2*1H/t23-,24+,26+,29-;;/m1../s1. The molecule has 198 valence electrons. The molecule has 1 saturated carbocycles. The molecule has 6 rings (SSSR count). The van der Waals surface area contributed by atoms with Crippen molar-refractivity contribution in [2.24, 2.45) is 11.8 Å². The number of halogens is 2. The van der Waals surface area contributed by atoms with E-state index < -0.39 is 0 Å². The minimum absolute atomic E-state index is 0. The van der Waals surface area contributed by atoms with Gasteiger partial charge in [0.1, 0.15) is 5.92 Å². The summed E-state index contributed by atoms with van der Waals surface area (Å²) < 4.78 is 0. The number of nitrogens with zero attached hydrogens (tertiary/aromatic N) is 1. The average molecular weight is 551 g/mol. The van der Waals surface area contributed by atoms with Gasteiger partial charge in [-0.2, -0.15) is 0 Å². The summed E-state index contributed by atoms with van der Waals surface area (Å²) in [5.41, 5.74) is 2.95. The number of aryl methyl sites for hydroxylation is 2. The monoisotopic (exact) mass is 549 g/mol. The first-order valence-corrected chi connectivity index (χ1v) is 14.7. The number of hydrogen-bond donors (Lipinski definition) is 1. The molecule has 4 nitrogen and oxygen atoms in total. The van der Waals surface area contributed by atoms with E-state index in [-0.39, 0.29) is 36.1 Å². The maximum absolute atomic E-state index is 14.5. The minimum Gasteiger partial charge on any atom is -1.00 e. The smallest absolute Gasteiger partial charge is 0.232 e. The van der Waals surface area contributed by atoms with Crippen molar-refractivity contribution in [2.45, 2.75) is 88.5 Å². The molecule has 2 saturated heterocycles. The van der Waals surface area contributed by atoms with E-state index in [2.05, 4.69) is 52.5 Å². The van der Waals surface area contributed by atoms with Crippen molar-refractivity contribution >= 4 is 17.2 Å². The third-order valence-electron chi connectivity index (χ3n) is 9.63.